The summed E-state index contributed by atoms with van der Waals surface area (Å²) in [5.41, 5.74) is 1.25. The van der Waals surface area contributed by atoms with Crippen LogP contribution >= 0.6 is 0 Å². The number of rotatable bonds is 3. The van der Waals surface area contributed by atoms with Crippen LogP contribution in [0.15, 0.2) is 18.2 Å². The number of benzene rings is 1. The first-order chi connectivity index (χ1) is 8.41. The van der Waals surface area contributed by atoms with Crippen molar-refractivity contribution in [3.63, 3.8) is 0 Å². The number of aryl methyl sites for hydroxylation is 1. The largest absolute Gasteiger partial charge is 0.508 e. The summed E-state index contributed by atoms with van der Waals surface area (Å²) >= 11 is 0. The third-order valence-electron chi connectivity index (χ3n) is 3.38. The Hall–Kier alpha value is -1.65. The van der Waals surface area contributed by atoms with Crippen LogP contribution in [0, 0.1) is 18.8 Å². The monoisotopic (exact) mass is 255 g/mol. The van der Waals surface area contributed by atoms with Crippen LogP contribution in [0.5, 0.6) is 5.75 Å². The van der Waals surface area contributed by atoms with Gasteiger partial charge in [0.25, 0.3) is 0 Å². The average molecular weight is 255 g/mol. The van der Waals surface area contributed by atoms with E-state index in [1.165, 1.54) is 11.0 Å². The second-order valence-corrected chi connectivity index (χ2v) is 4.71. The van der Waals surface area contributed by atoms with E-state index in [4.69, 9.17) is 0 Å². The number of alkyl halides is 2. The van der Waals surface area contributed by atoms with Gasteiger partial charge in [0.1, 0.15) is 5.75 Å². The van der Waals surface area contributed by atoms with Gasteiger partial charge in [0.2, 0.25) is 12.3 Å². The number of aromatic hydroxyl groups is 1. The summed E-state index contributed by atoms with van der Waals surface area (Å²) in [7, 11) is 1.56. The molecule has 0 heterocycles. The number of phenolic OH excluding ortho intramolecular Hbond substituents is 1. The third kappa shape index (κ3) is 2.30. The van der Waals surface area contributed by atoms with Crippen LogP contribution in [0.25, 0.3) is 0 Å². The molecule has 1 aliphatic rings. The van der Waals surface area contributed by atoms with E-state index in [9.17, 15) is 18.7 Å². The molecule has 98 valence electrons. The SMILES string of the molecule is Cc1cc(N(C)C(=O)[C@H]2C[C@@H]2C(F)F)ccc1O. The van der Waals surface area contributed by atoms with Gasteiger partial charge in [-0.25, -0.2) is 8.78 Å². The maximum absolute atomic E-state index is 12.4. The van der Waals surface area contributed by atoms with E-state index in [1.54, 1.807) is 26.1 Å². The molecule has 1 aromatic carbocycles. The standard InChI is InChI=1S/C13H15F2NO2/c1-7-5-8(3-4-11(7)17)16(2)13(18)10-6-9(10)12(14)15/h3-5,9-10,12,17H,6H2,1-2H3/t9-,10-/m0/s1. The normalized spacial score (nSPS) is 22.1. The molecule has 0 radical (unpaired) electrons. The number of hydrogen-bond donors (Lipinski definition) is 1. The molecule has 0 aliphatic heterocycles. The van der Waals surface area contributed by atoms with Crippen LogP contribution in [-0.2, 0) is 4.79 Å². The second kappa shape index (κ2) is 4.55. The highest BCUT2D eigenvalue weighted by Gasteiger charge is 2.49. The number of carbonyl (C=O) groups is 1. The van der Waals surface area contributed by atoms with E-state index in [2.05, 4.69) is 0 Å². The first-order valence-corrected chi connectivity index (χ1v) is 5.77. The Labute approximate surface area is 104 Å². The number of hydrogen-bond acceptors (Lipinski definition) is 2. The molecule has 1 aliphatic carbocycles. The zero-order valence-corrected chi connectivity index (χ0v) is 10.2. The van der Waals surface area contributed by atoms with Crippen molar-refractivity contribution < 1.29 is 18.7 Å². The zero-order valence-electron chi connectivity index (χ0n) is 10.2. The fraction of sp³-hybridized carbons (Fsp3) is 0.462. The first-order valence-electron chi connectivity index (χ1n) is 5.77. The van der Waals surface area contributed by atoms with Gasteiger partial charge in [-0.05, 0) is 37.1 Å². The molecule has 0 aromatic heterocycles. The van der Waals surface area contributed by atoms with E-state index in [0.717, 1.165) is 0 Å². The number of nitrogens with zero attached hydrogens (tertiary/aromatic N) is 1. The van der Waals surface area contributed by atoms with Crippen LogP contribution < -0.4 is 4.90 Å². The minimum absolute atomic E-state index is 0.150. The van der Waals surface area contributed by atoms with Crippen molar-refractivity contribution in [2.75, 3.05) is 11.9 Å². The number of anilines is 1. The maximum atomic E-state index is 12.4. The van der Waals surface area contributed by atoms with Crippen molar-refractivity contribution in [2.45, 2.75) is 19.8 Å². The fourth-order valence-electron chi connectivity index (χ4n) is 2.00. The molecule has 1 aromatic rings. The summed E-state index contributed by atoms with van der Waals surface area (Å²) in [6.07, 6.45) is -2.16. The molecule has 0 saturated heterocycles. The van der Waals surface area contributed by atoms with Gasteiger partial charge in [-0.1, -0.05) is 0 Å². The van der Waals surface area contributed by atoms with E-state index in [0.29, 0.717) is 11.3 Å². The van der Waals surface area contributed by atoms with Crippen LogP contribution in [0.1, 0.15) is 12.0 Å². The Balaban J connectivity index is 2.09. The molecule has 2 atom stereocenters. The van der Waals surface area contributed by atoms with Crippen LogP contribution in [0.4, 0.5) is 14.5 Å². The molecule has 1 saturated carbocycles. The van der Waals surface area contributed by atoms with Crippen LogP contribution in [-0.4, -0.2) is 24.5 Å². The smallest absolute Gasteiger partial charge is 0.242 e. The molecule has 1 amide bonds. The van der Waals surface area contributed by atoms with Gasteiger partial charge in [-0.3, -0.25) is 4.79 Å². The third-order valence-corrected chi connectivity index (χ3v) is 3.38. The molecule has 3 nitrogen and oxygen atoms in total. The Morgan fingerprint density at radius 1 is 1.50 bits per heavy atom. The summed E-state index contributed by atoms with van der Waals surface area (Å²) in [4.78, 5) is 13.3. The van der Waals surface area contributed by atoms with Gasteiger partial charge < -0.3 is 10.0 Å². The molecular formula is C13H15F2NO2. The number of phenols is 1. The molecule has 1 N–H and O–H groups in total. The molecule has 0 bridgehead atoms. The lowest BCUT2D eigenvalue weighted by Crippen LogP contribution is -2.28. The van der Waals surface area contributed by atoms with Crippen molar-refractivity contribution in [2.24, 2.45) is 11.8 Å². The highest BCUT2D eigenvalue weighted by Crippen LogP contribution is 2.44. The molecule has 18 heavy (non-hydrogen) atoms. The van der Waals surface area contributed by atoms with Crippen molar-refractivity contribution in [1.82, 2.24) is 0 Å². The molecular weight excluding hydrogens is 240 g/mol. The lowest BCUT2D eigenvalue weighted by atomic mass is 10.2. The topological polar surface area (TPSA) is 40.5 Å². The molecule has 0 unspecified atom stereocenters. The minimum atomic E-state index is -2.42. The second-order valence-electron chi connectivity index (χ2n) is 4.71. The highest BCUT2D eigenvalue weighted by molar-refractivity contribution is 5.96. The average Bonchev–Trinajstić information content (AvgIpc) is 3.11. The Bertz CT molecular complexity index is 476. The van der Waals surface area contributed by atoms with Gasteiger partial charge in [0.15, 0.2) is 0 Å². The van der Waals surface area contributed by atoms with Crippen LogP contribution in [0.3, 0.4) is 0 Å². The van der Waals surface area contributed by atoms with Gasteiger partial charge in [0.05, 0.1) is 0 Å². The van der Waals surface area contributed by atoms with E-state index < -0.39 is 18.3 Å². The summed E-state index contributed by atoms with van der Waals surface area (Å²) in [6.45, 7) is 1.72. The van der Waals surface area contributed by atoms with Crippen molar-refractivity contribution in [3.8, 4) is 5.75 Å². The number of amides is 1. The maximum Gasteiger partial charge on any atom is 0.242 e. The van der Waals surface area contributed by atoms with E-state index in [-0.39, 0.29) is 18.1 Å². The van der Waals surface area contributed by atoms with Gasteiger partial charge >= 0.3 is 0 Å². The quantitative estimate of drug-likeness (QED) is 0.901. The zero-order chi connectivity index (χ0) is 13.4. The Morgan fingerprint density at radius 3 is 2.67 bits per heavy atom. The highest BCUT2D eigenvalue weighted by atomic mass is 19.3. The molecule has 0 spiro atoms. The lowest BCUT2D eigenvalue weighted by Gasteiger charge is -2.18. The van der Waals surface area contributed by atoms with Crippen molar-refractivity contribution in [1.29, 1.82) is 0 Å². The van der Waals surface area contributed by atoms with Crippen LogP contribution in [0.2, 0.25) is 0 Å². The Kier molecular flexibility index (Phi) is 3.24. The molecule has 5 heteroatoms. The minimum Gasteiger partial charge on any atom is -0.508 e. The number of carbonyl (C=O) groups excluding carboxylic acids is 1. The van der Waals surface area contributed by atoms with Gasteiger partial charge in [-0.15, -0.1) is 0 Å². The predicted molar refractivity (Wildman–Crippen MR) is 63.9 cm³/mol. The van der Waals surface area contributed by atoms with Gasteiger partial charge in [-0.2, -0.15) is 0 Å². The first kappa shape index (κ1) is 12.8. The van der Waals surface area contributed by atoms with Crippen molar-refractivity contribution >= 4 is 11.6 Å². The van der Waals surface area contributed by atoms with E-state index >= 15 is 0 Å². The summed E-state index contributed by atoms with van der Waals surface area (Å²) < 4.78 is 24.8. The summed E-state index contributed by atoms with van der Waals surface area (Å²) in [5, 5.41) is 9.40. The van der Waals surface area contributed by atoms with E-state index in [1.807, 2.05) is 0 Å². The molecule has 1 fully saturated rings. The predicted octanol–water partition coefficient (Wildman–Crippen LogP) is 2.56. The molecule has 2 rings (SSSR count). The number of halogens is 2. The summed E-state index contributed by atoms with van der Waals surface area (Å²) in [6, 6.07) is 4.75. The summed E-state index contributed by atoms with van der Waals surface area (Å²) in [5.74, 6) is -1.50. The Morgan fingerprint density at radius 2 is 2.17 bits per heavy atom. The van der Waals surface area contributed by atoms with Crippen molar-refractivity contribution in [3.05, 3.63) is 23.8 Å². The lowest BCUT2D eigenvalue weighted by molar-refractivity contribution is -0.120. The van der Waals surface area contributed by atoms with Gasteiger partial charge in [0, 0.05) is 24.6 Å². The fourth-order valence-corrected chi connectivity index (χ4v) is 2.00.